The van der Waals surface area contributed by atoms with Crippen LogP contribution in [0, 0.1) is 5.82 Å². The molecule has 6 heteroatoms. The summed E-state index contributed by atoms with van der Waals surface area (Å²) in [5.74, 6) is 1.52. The topological polar surface area (TPSA) is 51.0 Å². The predicted octanol–water partition coefficient (Wildman–Crippen LogP) is 3.11. The van der Waals surface area contributed by atoms with Crippen LogP contribution in [0.25, 0.3) is 11.4 Å². The molecule has 1 atom stereocenters. The van der Waals surface area contributed by atoms with Gasteiger partial charge in [0.1, 0.15) is 5.82 Å². The van der Waals surface area contributed by atoms with Crippen molar-refractivity contribution in [2.24, 2.45) is 0 Å². The Morgan fingerprint density at radius 1 is 1.40 bits per heavy atom. The van der Waals surface area contributed by atoms with Crippen molar-refractivity contribution in [1.29, 1.82) is 0 Å². The van der Waals surface area contributed by atoms with Gasteiger partial charge in [-0.1, -0.05) is 17.3 Å². The minimum atomic E-state index is -0.346. The Morgan fingerprint density at radius 3 is 2.95 bits per heavy atom. The highest BCUT2D eigenvalue weighted by atomic mass is 32.2. The SMILES string of the molecule is CSCC[C@@H](C)NCc1nc(-c2ccccc2F)no1. The fourth-order valence-corrected chi connectivity index (χ4v) is 2.33. The van der Waals surface area contributed by atoms with Gasteiger partial charge >= 0.3 is 0 Å². The van der Waals surface area contributed by atoms with Gasteiger partial charge in [-0.05, 0) is 37.5 Å². The molecule has 2 aromatic rings. The zero-order valence-electron chi connectivity index (χ0n) is 11.6. The molecule has 0 spiro atoms. The lowest BCUT2D eigenvalue weighted by atomic mass is 10.2. The summed E-state index contributed by atoms with van der Waals surface area (Å²) < 4.78 is 18.7. The lowest BCUT2D eigenvalue weighted by Gasteiger charge is -2.10. The average Bonchev–Trinajstić information content (AvgIpc) is 2.92. The van der Waals surface area contributed by atoms with Crippen LogP contribution < -0.4 is 5.32 Å². The quantitative estimate of drug-likeness (QED) is 0.850. The Morgan fingerprint density at radius 2 is 2.20 bits per heavy atom. The molecule has 20 heavy (non-hydrogen) atoms. The molecular weight excluding hydrogens is 277 g/mol. The fourth-order valence-electron chi connectivity index (χ4n) is 1.74. The van der Waals surface area contributed by atoms with Gasteiger partial charge in [-0.2, -0.15) is 16.7 Å². The van der Waals surface area contributed by atoms with Gasteiger partial charge in [0, 0.05) is 6.04 Å². The van der Waals surface area contributed by atoms with Crippen molar-refractivity contribution >= 4 is 11.8 Å². The van der Waals surface area contributed by atoms with Gasteiger partial charge in [-0.3, -0.25) is 0 Å². The molecule has 4 nitrogen and oxygen atoms in total. The number of nitrogens with zero attached hydrogens (tertiary/aromatic N) is 2. The second kappa shape index (κ2) is 7.40. The van der Waals surface area contributed by atoms with Crippen LogP contribution in [-0.4, -0.2) is 28.2 Å². The van der Waals surface area contributed by atoms with E-state index in [4.69, 9.17) is 4.52 Å². The summed E-state index contributed by atoms with van der Waals surface area (Å²) >= 11 is 1.82. The first-order chi connectivity index (χ1) is 9.70. The smallest absolute Gasteiger partial charge is 0.240 e. The summed E-state index contributed by atoms with van der Waals surface area (Å²) in [4.78, 5) is 4.21. The largest absolute Gasteiger partial charge is 0.338 e. The Kier molecular flexibility index (Phi) is 5.55. The highest BCUT2D eigenvalue weighted by Crippen LogP contribution is 2.19. The van der Waals surface area contributed by atoms with E-state index in [1.807, 2.05) is 11.8 Å². The van der Waals surface area contributed by atoms with Crippen molar-refractivity contribution in [2.75, 3.05) is 12.0 Å². The third-order valence-corrected chi connectivity index (χ3v) is 3.58. The third-order valence-electron chi connectivity index (χ3n) is 2.94. The summed E-state index contributed by atoms with van der Waals surface area (Å²) in [7, 11) is 0. The van der Waals surface area contributed by atoms with E-state index in [0.717, 1.165) is 12.2 Å². The molecule has 0 amide bonds. The number of aromatic nitrogens is 2. The van der Waals surface area contributed by atoms with Crippen LogP contribution in [0.15, 0.2) is 28.8 Å². The van der Waals surface area contributed by atoms with Crippen molar-refractivity contribution in [3.05, 3.63) is 36.0 Å². The maximum absolute atomic E-state index is 13.6. The Hall–Kier alpha value is -1.40. The van der Waals surface area contributed by atoms with Crippen molar-refractivity contribution in [3.63, 3.8) is 0 Å². The van der Waals surface area contributed by atoms with Gasteiger partial charge in [-0.15, -0.1) is 0 Å². The fraction of sp³-hybridized carbons (Fsp3) is 0.429. The Labute approximate surface area is 122 Å². The molecule has 0 bridgehead atoms. The minimum Gasteiger partial charge on any atom is -0.338 e. The molecule has 0 unspecified atom stereocenters. The standard InChI is InChI=1S/C14H18FN3OS/c1-10(7-8-20-2)16-9-13-17-14(18-19-13)11-5-3-4-6-12(11)15/h3-6,10,16H,7-9H2,1-2H3/t10-/m1/s1. The number of thioether (sulfide) groups is 1. The van der Waals surface area contributed by atoms with Crippen molar-refractivity contribution in [3.8, 4) is 11.4 Å². The lowest BCUT2D eigenvalue weighted by Crippen LogP contribution is -2.26. The molecule has 1 N–H and O–H groups in total. The van der Waals surface area contributed by atoms with Gasteiger partial charge in [0.05, 0.1) is 12.1 Å². The predicted molar refractivity (Wildman–Crippen MR) is 79.0 cm³/mol. The van der Waals surface area contributed by atoms with Gasteiger partial charge in [0.2, 0.25) is 11.7 Å². The van der Waals surface area contributed by atoms with Crippen LogP contribution in [-0.2, 0) is 6.54 Å². The zero-order valence-corrected chi connectivity index (χ0v) is 12.4. The summed E-state index contributed by atoms with van der Waals surface area (Å²) in [5, 5.41) is 7.13. The van der Waals surface area contributed by atoms with E-state index >= 15 is 0 Å². The van der Waals surface area contributed by atoms with E-state index in [1.54, 1.807) is 18.2 Å². The molecule has 1 aromatic carbocycles. The Balaban J connectivity index is 1.94. The summed E-state index contributed by atoms with van der Waals surface area (Å²) in [5.41, 5.74) is 0.359. The normalized spacial score (nSPS) is 12.6. The highest BCUT2D eigenvalue weighted by Gasteiger charge is 2.12. The molecule has 1 heterocycles. The second-order valence-electron chi connectivity index (χ2n) is 4.55. The number of benzene rings is 1. The number of hydrogen-bond donors (Lipinski definition) is 1. The molecule has 0 fully saturated rings. The summed E-state index contributed by atoms with van der Waals surface area (Å²) in [6.07, 6.45) is 3.17. The van der Waals surface area contributed by atoms with E-state index < -0.39 is 0 Å². The minimum absolute atomic E-state index is 0.289. The zero-order chi connectivity index (χ0) is 14.4. The first-order valence-corrected chi connectivity index (χ1v) is 7.90. The van der Waals surface area contributed by atoms with Crippen molar-refractivity contribution < 1.29 is 8.91 Å². The molecule has 0 aliphatic heterocycles. The number of halogens is 1. The van der Waals surface area contributed by atoms with E-state index in [9.17, 15) is 4.39 Å². The maximum Gasteiger partial charge on any atom is 0.240 e. The van der Waals surface area contributed by atoms with Gasteiger partial charge in [-0.25, -0.2) is 4.39 Å². The molecule has 108 valence electrons. The van der Waals surface area contributed by atoms with Crippen LogP contribution in [0.3, 0.4) is 0 Å². The molecule has 1 aromatic heterocycles. The van der Waals surface area contributed by atoms with Crippen molar-refractivity contribution in [1.82, 2.24) is 15.5 Å². The van der Waals surface area contributed by atoms with Crippen LogP contribution in [0.1, 0.15) is 19.2 Å². The molecular formula is C14H18FN3OS. The summed E-state index contributed by atoms with van der Waals surface area (Å²) in [6.45, 7) is 2.61. The highest BCUT2D eigenvalue weighted by molar-refractivity contribution is 7.98. The first kappa shape index (κ1) is 15.0. The van der Waals surface area contributed by atoms with E-state index in [0.29, 0.717) is 24.0 Å². The lowest BCUT2D eigenvalue weighted by molar-refractivity contribution is 0.358. The molecule has 0 saturated carbocycles. The van der Waals surface area contributed by atoms with E-state index in [2.05, 4.69) is 28.6 Å². The average molecular weight is 295 g/mol. The van der Waals surface area contributed by atoms with Crippen LogP contribution >= 0.6 is 11.8 Å². The van der Waals surface area contributed by atoms with Crippen LogP contribution in [0.5, 0.6) is 0 Å². The molecule has 0 aliphatic rings. The summed E-state index contributed by atoms with van der Waals surface area (Å²) in [6, 6.07) is 6.78. The first-order valence-electron chi connectivity index (χ1n) is 6.50. The van der Waals surface area contributed by atoms with E-state index in [1.165, 1.54) is 6.07 Å². The van der Waals surface area contributed by atoms with Gasteiger partial charge in [0.25, 0.3) is 0 Å². The molecule has 0 radical (unpaired) electrons. The number of rotatable bonds is 7. The number of nitrogens with one attached hydrogen (secondary N) is 1. The number of hydrogen-bond acceptors (Lipinski definition) is 5. The van der Waals surface area contributed by atoms with Crippen molar-refractivity contribution in [2.45, 2.75) is 25.9 Å². The monoisotopic (exact) mass is 295 g/mol. The maximum atomic E-state index is 13.6. The molecule has 0 saturated heterocycles. The second-order valence-corrected chi connectivity index (χ2v) is 5.54. The Bertz CT molecular complexity index is 547. The molecule has 2 rings (SSSR count). The van der Waals surface area contributed by atoms with Crippen LogP contribution in [0.4, 0.5) is 4.39 Å². The van der Waals surface area contributed by atoms with Gasteiger partial charge < -0.3 is 9.84 Å². The van der Waals surface area contributed by atoms with Gasteiger partial charge in [0.15, 0.2) is 0 Å². The molecule has 0 aliphatic carbocycles. The van der Waals surface area contributed by atoms with Crippen LogP contribution in [0.2, 0.25) is 0 Å². The van der Waals surface area contributed by atoms with E-state index in [-0.39, 0.29) is 11.6 Å². The third kappa shape index (κ3) is 4.05.